The maximum atomic E-state index is 13.9. The molecule has 8 nitrogen and oxygen atoms in total. The monoisotopic (exact) mass is 603 g/mol. The third-order valence-electron chi connectivity index (χ3n) is 6.41. The molecule has 0 aromatic heterocycles. The van der Waals surface area contributed by atoms with Crippen molar-refractivity contribution in [2.45, 2.75) is 51.1 Å². The molecule has 1 N–H and O–H groups in total. The number of halogens is 2. The maximum absolute atomic E-state index is 13.9. The zero-order valence-electron chi connectivity index (χ0n) is 23.3. The molecule has 0 saturated heterocycles. The molecular weight excluding hydrogens is 569 g/mol. The molecule has 0 saturated carbocycles. The van der Waals surface area contributed by atoms with Gasteiger partial charge in [-0.25, -0.2) is 12.8 Å². The number of nitrogens with zero attached hydrogens (tertiary/aromatic N) is 2. The average Bonchev–Trinajstić information content (AvgIpc) is 2.96. The molecule has 0 aliphatic rings. The Morgan fingerprint density at radius 2 is 1.66 bits per heavy atom. The fraction of sp³-hybridized carbons (Fsp3) is 0.333. The zero-order valence-corrected chi connectivity index (χ0v) is 24.9. The molecule has 11 heteroatoms. The number of carbonyl (C=O) groups excluding carboxylic acids is 2. The van der Waals surface area contributed by atoms with Crippen molar-refractivity contribution in [1.82, 2.24) is 10.2 Å². The molecule has 3 rings (SSSR count). The average molecular weight is 604 g/mol. The summed E-state index contributed by atoms with van der Waals surface area (Å²) in [6.45, 7) is 5.64. The van der Waals surface area contributed by atoms with E-state index in [9.17, 15) is 22.4 Å². The fourth-order valence-electron chi connectivity index (χ4n) is 4.07. The summed E-state index contributed by atoms with van der Waals surface area (Å²) in [6.07, 6.45) is 1.66. The number of carbonyl (C=O) groups is 2. The van der Waals surface area contributed by atoms with Gasteiger partial charge in [0.1, 0.15) is 24.2 Å². The Hall–Kier alpha value is -3.63. The van der Waals surface area contributed by atoms with Crippen LogP contribution in [0.4, 0.5) is 10.1 Å². The largest absolute Gasteiger partial charge is 0.494 e. The lowest BCUT2D eigenvalue weighted by molar-refractivity contribution is -0.139. The number of ether oxygens (including phenoxy) is 1. The number of benzene rings is 3. The lowest BCUT2D eigenvalue weighted by atomic mass is 10.1. The Bertz CT molecular complexity index is 1420. The van der Waals surface area contributed by atoms with Gasteiger partial charge in [0.15, 0.2) is 0 Å². The van der Waals surface area contributed by atoms with Crippen molar-refractivity contribution < 1.29 is 27.1 Å². The minimum atomic E-state index is -4.32. The smallest absolute Gasteiger partial charge is 0.264 e. The first-order valence-corrected chi connectivity index (χ1v) is 15.2. The van der Waals surface area contributed by atoms with Crippen molar-refractivity contribution >= 4 is 39.1 Å². The number of hydrogen-bond donors (Lipinski definition) is 1. The van der Waals surface area contributed by atoms with E-state index < -0.39 is 34.3 Å². The zero-order chi connectivity index (χ0) is 30.0. The van der Waals surface area contributed by atoms with E-state index in [2.05, 4.69) is 5.32 Å². The minimum Gasteiger partial charge on any atom is -0.494 e. The van der Waals surface area contributed by atoms with E-state index >= 15 is 0 Å². The maximum Gasteiger partial charge on any atom is 0.264 e. The van der Waals surface area contributed by atoms with E-state index in [-0.39, 0.29) is 23.0 Å². The molecule has 1 atom stereocenters. The predicted molar refractivity (Wildman–Crippen MR) is 158 cm³/mol. The molecule has 41 heavy (non-hydrogen) atoms. The minimum absolute atomic E-state index is 0.0193. The van der Waals surface area contributed by atoms with E-state index in [4.69, 9.17) is 16.3 Å². The molecule has 3 aromatic carbocycles. The van der Waals surface area contributed by atoms with Gasteiger partial charge < -0.3 is 15.0 Å². The molecular formula is C30H35ClFN3O5S. The lowest BCUT2D eigenvalue weighted by Crippen LogP contribution is -2.51. The van der Waals surface area contributed by atoms with Gasteiger partial charge in [-0.1, -0.05) is 43.1 Å². The highest BCUT2D eigenvalue weighted by Gasteiger charge is 2.32. The van der Waals surface area contributed by atoms with Crippen molar-refractivity contribution in [3.8, 4) is 5.75 Å². The van der Waals surface area contributed by atoms with Crippen LogP contribution in [-0.4, -0.2) is 50.9 Å². The van der Waals surface area contributed by atoms with Crippen molar-refractivity contribution in [3.63, 3.8) is 0 Å². The molecule has 0 aliphatic heterocycles. The molecule has 0 aliphatic carbocycles. The quantitative estimate of drug-likeness (QED) is 0.249. The van der Waals surface area contributed by atoms with Crippen LogP contribution >= 0.6 is 11.6 Å². The van der Waals surface area contributed by atoms with E-state index in [1.165, 1.54) is 17.0 Å². The number of rotatable bonds is 14. The van der Waals surface area contributed by atoms with Crippen LogP contribution in [0, 0.1) is 5.82 Å². The Labute approximate surface area is 246 Å². The summed E-state index contributed by atoms with van der Waals surface area (Å²) in [7, 11) is -4.32. The number of unbranched alkanes of at least 4 members (excludes halogenated alkanes) is 1. The normalized spacial score (nSPS) is 11.9. The molecule has 0 unspecified atom stereocenters. The van der Waals surface area contributed by atoms with Gasteiger partial charge in [0.25, 0.3) is 10.0 Å². The van der Waals surface area contributed by atoms with E-state index in [0.29, 0.717) is 29.5 Å². The van der Waals surface area contributed by atoms with Crippen LogP contribution in [0.3, 0.4) is 0 Å². The molecule has 3 aromatic rings. The first kappa shape index (κ1) is 31.9. The predicted octanol–water partition coefficient (Wildman–Crippen LogP) is 5.41. The highest BCUT2D eigenvalue weighted by molar-refractivity contribution is 7.92. The van der Waals surface area contributed by atoms with Crippen LogP contribution in [0.15, 0.2) is 77.7 Å². The molecule has 0 heterocycles. The van der Waals surface area contributed by atoms with E-state index in [1.807, 2.05) is 13.8 Å². The second kappa shape index (κ2) is 14.8. The van der Waals surface area contributed by atoms with Crippen LogP contribution in [0.5, 0.6) is 5.75 Å². The Balaban J connectivity index is 2.01. The van der Waals surface area contributed by atoms with Crippen LogP contribution < -0.4 is 14.4 Å². The van der Waals surface area contributed by atoms with Crippen LogP contribution in [0.2, 0.25) is 5.02 Å². The SMILES string of the molecule is CCCCNC(=O)[C@@H](C)N(Cc1ccccc1Cl)C(=O)CN(c1ccc(OCC)cc1)S(=O)(=O)c1ccc(F)cc1. The Kier molecular flexibility index (Phi) is 11.5. The summed E-state index contributed by atoms with van der Waals surface area (Å²) in [6, 6.07) is 16.6. The van der Waals surface area contributed by atoms with Gasteiger partial charge in [-0.3, -0.25) is 13.9 Å². The molecule has 0 bridgehead atoms. The molecule has 0 radical (unpaired) electrons. The Morgan fingerprint density at radius 3 is 2.27 bits per heavy atom. The molecule has 0 fully saturated rings. The van der Waals surface area contributed by atoms with Crippen molar-refractivity contribution in [2.75, 3.05) is 24.0 Å². The second-order valence-corrected chi connectivity index (χ2v) is 11.6. The van der Waals surface area contributed by atoms with Crippen molar-refractivity contribution in [2.24, 2.45) is 0 Å². The highest BCUT2D eigenvalue weighted by atomic mass is 35.5. The summed E-state index contributed by atoms with van der Waals surface area (Å²) >= 11 is 6.38. The number of hydrogen-bond acceptors (Lipinski definition) is 5. The van der Waals surface area contributed by atoms with Gasteiger partial charge in [-0.15, -0.1) is 0 Å². The van der Waals surface area contributed by atoms with Crippen LogP contribution in [-0.2, 0) is 26.2 Å². The Morgan fingerprint density at radius 1 is 1.00 bits per heavy atom. The van der Waals surface area contributed by atoms with Gasteiger partial charge in [0.2, 0.25) is 11.8 Å². The summed E-state index contributed by atoms with van der Waals surface area (Å²) < 4.78 is 47.6. The van der Waals surface area contributed by atoms with Gasteiger partial charge in [-0.2, -0.15) is 0 Å². The van der Waals surface area contributed by atoms with Crippen LogP contribution in [0.25, 0.3) is 0 Å². The van der Waals surface area contributed by atoms with Crippen LogP contribution in [0.1, 0.15) is 39.2 Å². The van der Waals surface area contributed by atoms with E-state index in [0.717, 1.165) is 41.4 Å². The van der Waals surface area contributed by atoms with Gasteiger partial charge in [-0.05, 0) is 80.4 Å². The first-order valence-electron chi connectivity index (χ1n) is 13.4. The van der Waals surface area contributed by atoms with E-state index in [1.54, 1.807) is 43.3 Å². The summed E-state index contributed by atoms with van der Waals surface area (Å²) in [5.74, 6) is -1.06. The van der Waals surface area contributed by atoms with Crippen molar-refractivity contribution in [3.05, 3.63) is 89.2 Å². The molecule has 220 valence electrons. The molecule has 2 amide bonds. The summed E-state index contributed by atoms with van der Waals surface area (Å²) in [4.78, 5) is 28.1. The van der Waals surface area contributed by atoms with Crippen molar-refractivity contribution in [1.29, 1.82) is 0 Å². The number of anilines is 1. The second-order valence-electron chi connectivity index (χ2n) is 9.33. The fourth-order valence-corrected chi connectivity index (χ4v) is 5.68. The third-order valence-corrected chi connectivity index (χ3v) is 8.57. The lowest BCUT2D eigenvalue weighted by Gasteiger charge is -2.32. The summed E-state index contributed by atoms with van der Waals surface area (Å²) in [5.41, 5.74) is 0.800. The van der Waals surface area contributed by atoms with Gasteiger partial charge in [0.05, 0.1) is 17.2 Å². The first-order chi connectivity index (χ1) is 19.6. The topological polar surface area (TPSA) is 96.0 Å². The summed E-state index contributed by atoms with van der Waals surface area (Å²) in [5, 5.41) is 3.25. The highest BCUT2D eigenvalue weighted by Crippen LogP contribution is 2.27. The molecule has 0 spiro atoms. The number of nitrogens with one attached hydrogen (secondary N) is 1. The van der Waals surface area contributed by atoms with Gasteiger partial charge >= 0.3 is 0 Å². The number of amides is 2. The van der Waals surface area contributed by atoms with Gasteiger partial charge in [0, 0.05) is 18.1 Å². The number of sulfonamides is 1. The standard InChI is InChI=1S/C30H35ClFN3O5S/c1-4-6-19-33-30(37)22(3)34(20-23-9-7-8-10-28(23)31)29(36)21-35(25-13-15-26(16-14-25)40-5-2)41(38,39)27-17-11-24(32)12-18-27/h7-18,22H,4-6,19-21H2,1-3H3,(H,33,37)/t22-/m1/s1. The third kappa shape index (κ3) is 8.43.